The van der Waals surface area contributed by atoms with Crippen LogP contribution in [0.1, 0.15) is 0 Å². The third-order valence-corrected chi connectivity index (χ3v) is 3.43. The first-order valence-corrected chi connectivity index (χ1v) is 6.45. The lowest BCUT2D eigenvalue weighted by Crippen LogP contribution is -1.93. The lowest BCUT2D eigenvalue weighted by Gasteiger charge is -1.97. The van der Waals surface area contributed by atoms with Crippen LogP contribution in [-0.2, 0) is 0 Å². The van der Waals surface area contributed by atoms with E-state index in [-0.39, 0.29) is 0 Å². The van der Waals surface area contributed by atoms with Gasteiger partial charge in [0.1, 0.15) is 0 Å². The summed E-state index contributed by atoms with van der Waals surface area (Å²) in [6.07, 6.45) is 6.38. The van der Waals surface area contributed by atoms with E-state index in [9.17, 15) is 0 Å². The van der Waals surface area contributed by atoms with Crippen LogP contribution >= 0.6 is 23.5 Å². The Morgan fingerprint density at radius 2 is 1.25 bits per heavy atom. The highest BCUT2D eigenvalue weighted by Gasteiger charge is 1.99. The molecule has 0 saturated carbocycles. The van der Waals surface area contributed by atoms with Gasteiger partial charge in [-0.25, -0.2) is 9.97 Å². The van der Waals surface area contributed by atoms with Crippen molar-refractivity contribution in [3.63, 3.8) is 0 Å². The number of nitrogens with zero attached hydrogens (tertiary/aromatic N) is 6. The molecule has 2 aromatic rings. The van der Waals surface area contributed by atoms with Gasteiger partial charge in [0.05, 0.1) is 24.8 Å². The summed E-state index contributed by atoms with van der Waals surface area (Å²) in [4.78, 5) is 8.12. The minimum atomic E-state index is 0.690. The van der Waals surface area contributed by atoms with Gasteiger partial charge >= 0.3 is 0 Å². The molecule has 2 aromatic heterocycles. The first-order chi connectivity index (χ1) is 7.95. The molecule has 0 spiro atoms. The molecule has 0 aromatic carbocycles. The topological polar surface area (TPSA) is 77.3 Å². The van der Waals surface area contributed by atoms with Crippen molar-refractivity contribution >= 4 is 23.5 Å². The summed E-state index contributed by atoms with van der Waals surface area (Å²) in [7, 11) is 0. The van der Waals surface area contributed by atoms with Crippen LogP contribution in [0.15, 0.2) is 35.1 Å². The van der Waals surface area contributed by atoms with Crippen LogP contribution in [0, 0.1) is 0 Å². The van der Waals surface area contributed by atoms with Gasteiger partial charge in [-0.2, -0.15) is 10.2 Å². The van der Waals surface area contributed by atoms with Crippen LogP contribution < -0.4 is 0 Å². The molecule has 0 unspecified atom stereocenters. The van der Waals surface area contributed by atoms with E-state index in [1.807, 2.05) is 0 Å². The minimum absolute atomic E-state index is 0.690. The lowest BCUT2D eigenvalue weighted by molar-refractivity contribution is 0.837. The predicted molar refractivity (Wildman–Crippen MR) is 61.1 cm³/mol. The number of hydrogen-bond donors (Lipinski definition) is 0. The van der Waals surface area contributed by atoms with Crippen molar-refractivity contribution in [3.05, 3.63) is 24.8 Å². The Labute approximate surface area is 101 Å². The zero-order valence-electron chi connectivity index (χ0n) is 8.22. The third kappa shape index (κ3) is 3.70. The maximum absolute atomic E-state index is 4.06. The largest absolute Gasteiger partial charge is 0.228 e. The van der Waals surface area contributed by atoms with E-state index >= 15 is 0 Å². The summed E-state index contributed by atoms with van der Waals surface area (Å²) in [5.41, 5.74) is 0. The average Bonchev–Trinajstić information content (AvgIpc) is 2.37. The maximum Gasteiger partial charge on any atom is 0.209 e. The molecule has 0 aliphatic rings. The highest BCUT2D eigenvalue weighted by atomic mass is 32.2. The summed E-state index contributed by atoms with van der Waals surface area (Å²) in [6.45, 7) is 0. The quantitative estimate of drug-likeness (QED) is 0.575. The fourth-order valence-corrected chi connectivity index (χ4v) is 2.38. The molecule has 0 radical (unpaired) electrons. The van der Waals surface area contributed by atoms with E-state index in [4.69, 9.17) is 0 Å². The van der Waals surface area contributed by atoms with Gasteiger partial charge in [-0.1, -0.05) is 23.5 Å². The van der Waals surface area contributed by atoms with Crippen molar-refractivity contribution < 1.29 is 0 Å². The summed E-state index contributed by atoms with van der Waals surface area (Å²) in [6, 6.07) is 0. The van der Waals surface area contributed by atoms with E-state index in [1.54, 1.807) is 48.3 Å². The SMILES string of the molecule is c1cnc(SCCSc2nccnn2)nn1. The van der Waals surface area contributed by atoms with Gasteiger partial charge in [-0.3, -0.25) is 0 Å². The fourth-order valence-electron chi connectivity index (χ4n) is 0.869. The van der Waals surface area contributed by atoms with Crippen LogP contribution in [0.25, 0.3) is 0 Å². The molecule has 0 amide bonds. The lowest BCUT2D eigenvalue weighted by atomic mass is 10.9. The van der Waals surface area contributed by atoms with Crippen LogP contribution in [0.2, 0.25) is 0 Å². The van der Waals surface area contributed by atoms with Gasteiger partial charge in [-0.15, -0.1) is 10.2 Å². The summed E-state index contributed by atoms with van der Waals surface area (Å²) >= 11 is 3.12. The number of aromatic nitrogens is 6. The van der Waals surface area contributed by atoms with Crippen molar-refractivity contribution in [1.82, 2.24) is 30.4 Å². The van der Waals surface area contributed by atoms with Crippen molar-refractivity contribution in [2.75, 3.05) is 11.5 Å². The Balaban J connectivity index is 1.70. The first kappa shape index (κ1) is 11.2. The molecule has 16 heavy (non-hydrogen) atoms. The molecular formula is C8H8N6S2. The Hall–Kier alpha value is -1.28. The van der Waals surface area contributed by atoms with Gasteiger partial charge in [0.15, 0.2) is 0 Å². The smallest absolute Gasteiger partial charge is 0.209 e. The molecule has 0 aliphatic heterocycles. The maximum atomic E-state index is 4.06. The van der Waals surface area contributed by atoms with Gasteiger partial charge in [-0.05, 0) is 0 Å². The monoisotopic (exact) mass is 252 g/mol. The molecule has 8 heteroatoms. The zero-order chi connectivity index (χ0) is 11.1. The standard InChI is InChI=1S/C8H8N6S2/c1-3-11-13-7(9-1)15-5-6-16-8-10-2-4-12-14-8/h1-4H,5-6H2. The van der Waals surface area contributed by atoms with E-state index in [1.165, 1.54) is 0 Å². The molecule has 0 saturated heterocycles. The van der Waals surface area contributed by atoms with E-state index < -0.39 is 0 Å². The first-order valence-electron chi connectivity index (χ1n) is 4.48. The molecule has 0 bridgehead atoms. The van der Waals surface area contributed by atoms with Crippen LogP contribution in [-0.4, -0.2) is 41.9 Å². The third-order valence-electron chi connectivity index (χ3n) is 1.47. The van der Waals surface area contributed by atoms with Gasteiger partial charge in [0, 0.05) is 11.5 Å². The fraction of sp³-hybridized carbons (Fsp3) is 0.250. The average molecular weight is 252 g/mol. The van der Waals surface area contributed by atoms with E-state index in [0.717, 1.165) is 11.5 Å². The normalized spacial score (nSPS) is 10.2. The Kier molecular flexibility index (Phi) is 4.44. The summed E-state index contributed by atoms with van der Waals surface area (Å²) in [5, 5.41) is 16.6. The molecule has 2 rings (SSSR count). The highest BCUT2D eigenvalue weighted by Crippen LogP contribution is 2.16. The van der Waals surface area contributed by atoms with Crippen molar-refractivity contribution in [2.45, 2.75) is 10.3 Å². The van der Waals surface area contributed by atoms with Gasteiger partial charge < -0.3 is 0 Å². The second-order valence-corrected chi connectivity index (χ2v) is 4.67. The summed E-state index contributed by atoms with van der Waals surface area (Å²) < 4.78 is 0. The van der Waals surface area contributed by atoms with Crippen LogP contribution in [0.4, 0.5) is 0 Å². The number of hydrogen-bond acceptors (Lipinski definition) is 8. The van der Waals surface area contributed by atoms with Crippen LogP contribution in [0.3, 0.4) is 0 Å². The molecular weight excluding hydrogens is 244 g/mol. The van der Waals surface area contributed by atoms with Crippen molar-refractivity contribution in [1.29, 1.82) is 0 Å². The van der Waals surface area contributed by atoms with Crippen molar-refractivity contribution in [3.8, 4) is 0 Å². The second kappa shape index (κ2) is 6.33. The Bertz CT molecular complexity index is 370. The second-order valence-electron chi connectivity index (χ2n) is 2.55. The van der Waals surface area contributed by atoms with Gasteiger partial charge in [0.25, 0.3) is 0 Å². The number of rotatable bonds is 5. The minimum Gasteiger partial charge on any atom is -0.228 e. The Morgan fingerprint density at radius 3 is 1.62 bits per heavy atom. The van der Waals surface area contributed by atoms with E-state index in [0.29, 0.717) is 10.3 Å². The molecule has 0 N–H and O–H groups in total. The molecule has 0 aliphatic carbocycles. The number of thioether (sulfide) groups is 2. The Morgan fingerprint density at radius 1 is 0.750 bits per heavy atom. The van der Waals surface area contributed by atoms with Crippen LogP contribution in [0.5, 0.6) is 0 Å². The van der Waals surface area contributed by atoms with Crippen molar-refractivity contribution in [2.24, 2.45) is 0 Å². The molecule has 0 atom stereocenters. The zero-order valence-corrected chi connectivity index (χ0v) is 9.86. The highest BCUT2D eigenvalue weighted by molar-refractivity contribution is 8.02. The molecule has 2 heterocycles. The predicted octanol–water partition coefficient (Wildman–Crippen LogP) is 0.941. The summed E-state index contributed by atoms with van der Waals surface area (Å²) in [5.74, 6) is 1.77. The molecule has 82 valence electrons. The van der Waals surface area contributed by atoms with Gasteiger partial charge in [0.2, 0.25) is 10.3 Å². The molecule has 0 fully saturated rings. The molecule has 6 nitrogen and oxygen atoms in total. The van der Waals surface area contributed by atoms with E-state index in [2.05, 4.69) is 30.4 Å².